The molecule has 2 rings (SSSR count). The van der Waals surface area contributed by atoms with Gasteiger partial charge in [-0.1, -0.05) is 48.5 Å². The molecule has 0 aromatic heterocycles. The number of phenolic OH excluding ortho intramolecular Hbond substituents is 1. The smallest absolute Gasteiger partial charge is 0.125 e. The zero-order valence-corrected chi connectivity index (χ0v) is 9.82. The molecule has 0 amide bonds. The van der Waals surface area contributed by atoms with Gasteiger partial charge in [-0.3, -0.25) is 0 Å². The van der Waals surface area contributed by atoms with Crippen molar-refractivity contribution in [2.45, 2.75) is 0 Å². The number of hydrogen-bond donors (Lipinski definition) is 2. The first-order valence-electron chi connectivity index (χ1n) is 5.60. The van der Waals surface area contributed by atoms with E-state index in [0.717, 1.165) is 5.56 Å². The summed E-state index contributed by atoms with van der Waals surface area (Å²) < 4.78 is 0. The molecule has 3 N–H and O–H groups in total. The molecule has 0 bridgehead atoms. The molecular weight excluding hydrogens is 224 g/mol. The third kappa shape index (κ3) is 2.77. The minimum absolute atomic E-state index is 0.166. The van der Waals surface area contributed by atoms with E-state index in [4.69, 9.17) is 5.84 Å². The fourth-order valence-corrected chi connectivity index (χ4v) is 1.63. The lowest BCUT2D eigenvalue weighted by Crippen LogP contribution is -2.00. The second kappa shape index (κ2) is 5.68. The van der Waals surface area contributed by atoms with Gasteiger partial charge in [-0.25, -0.2) is 0 Å². The van der Waals surface area contributed by atoms with Gasteiger partial charge in [-0.05, 0) is 23.8 Å². The lowest BCUT2D eigenvalue weighted by atomic mass is 10.1. The van der Waals surface area contributed by atoms with Crippen LogP contribution in [0.25, 0.3) is 6.08 Å². The Kier molecular flexibility index (Phi) is 3.76. The zero-order chi connectivity index (χ0) is 12.8. The highest BCUT2D eigenvalue weighted by molar-refractivity contribution is 6.12. The first-order chi connectivity index (χ1) is 8.81. The van der Waals surface area contributed by atoms with Crippen molar-refractivity contribution in [2.75, 3.05) is 0 Å². The Morgan fingerprint density at radius 1 is 1.00 bits per heavy atom. The van der Waals surface area contributed by atoms with Crippen molar-refractivity contribution in [3.05, 3.63) is 71.8 Å². The molecule has 0 atom stereocenters. The maximum Gasteiger partial charge on any atom is 0.125 e. The van der Waals surface area contributed by atoms with Crippen molar-refractivity contribution in [1.29, 1.82) is 0 Å². The predicted molar refractivity (Wildman–Crippen MR) is 74.3 cm³/mol. The first-order valence-corrected chi connectivity index (χ1v) is 5.60. The number of hydrogen-bond acceptors (Lipinski definition) is 3. The van der Waals surface area contributed by atoms with Crippen LogP contribution >= 0.6 is 0 Å². The Bertz CT molecular complexity index is 574. The van der Waals surface area contributed by atoms with E-state index >= 15 is 0 Å². The Balaban J connectivity index is 2.27. The van der Waals surface area contributed by atoms with Crippen LogP contribution in [-0.4, -0.2) is 10.8 Å². The van der Waals surface area contributed by atoms with Crippen molar-refractivity contribution in [3.63, 3.8) is 0 Å². The standard InChI is InChI=1S/C15H14N2O/c16-17-14(13-8-4-5-9-15(13)18)11-10-12-6-2-1-3-7-12/h1-11,18H,16H2. The number of benzene rings is 2. The molecule has 0 aliphatic heterocycles. The van der Waals surface area contributed by atoms with Gasteiger partial charge in [0.05, 0.1) is 5.71 Å². The summed E-state index contributed by atoms with van der Waals surface area (Å²) in [6, 6.07) is 16.8. The molecule has 2 aromatic carbocycles. The van der Waals surface area contributed by atoms with Crippen LogP contribution in [0, 0.1) is 0 Å². The van der Waals surface area contributed by atoms with Crippen LogP contribution in [0.15, 0.2) is 65.8 Å². The number of phenols is 1. The molecule has 3 heteroatoms. The van der Waals surface area contributed by atoms with E-state index in [1.807, 2.05) is 42.5 Å². The van der Waals surface area contributed by atoms with Crippen molar-refractivity contribution in [1.82, 2.24) is 0 Å². The predicted octanol–water partition coefficient (Wildman–Crippen LogP) is 2.77. The molecule has 0 aliphatic rings. The van der Waals surface area contributed by atoms with Crippen LogP contribution in [-0.2, 0) is 0 Å². The van der Waals surface area contributed by atoms with Gasteiger partial charge in [0.1, 0.15) is 5.75 Å². The molecule has 0 unspecified atom stereocenters. The SMILES string of the molecule is NN=C(C=Cc1ccccc1)c1ccccc1O. The van der Waals surface area contributed by atoms with Crippen LogP contribution in [0.4, 0.5) is 0 Å². The molecule has 0 aliphatic carbocycles. The molecule has 0 saturated carbocycles. The average Bonchev–Trinajstić information content (AvgIpc) is 2.42. The Morgan fingerprint density at radius 3 is 2.33 bits per heavy atom. The quantitative estimate of drug-likeness (QED) is 0.490. The number of aromatic hydroxyl groups is 1. The highest BCUT2D eigenvalue weighted by Gasteiger charge is 2.04. The van der Waals surface area contributed by atoms with Gasteiger partial charge in [0.2, 0.25) is 0 Å². The lowest BCUT2D eigenvalue weighted by molar-refractivity contribution is 0.474. The third-order valence-corrected chi connectivity index (χ3v) is 2.55. The highest BCUT2D eigenvalue weighted by atomic mass is 16.3. The van der Waals surface area contributed by atoms with Gasteiger partial charge in [-0.15, -0.1) is 0 Å². The maximum absolute atomic E-state index is 9.74. The van der Waals surface area contributed by atoms with Crippen molar-refractivity contribution in [3.8, 4) is 5.75 Å². The summed E-state index contributed by atoms with van der Waals surface area (Å²) in [6.07, 6.45) is 3.68. The second-order valence-electron chi connectivity index (χ2n) is 3.78. The molecule has 3 nitrogen and oxygen atoms in total. The van der Waals surface area contributed by atoms with Gasteiger partial charge in [0.25, 0.3) is 0 Å². The molecule has 0 heterocycles. The topological polar surface area (TPSA) is 58.6 Å². The summed E-state index contributed by atoms with van der Waals surface area (Å²) in [4.78, 5) is 0. The molecule has 18 heavy (non-hydrogen) atoms. The number of rotatable bonds is 3. The van der Waals surface area contributed by atoms with Crippen molar-refractivity contribution in [2.24, 2.45) is 10.9 Å². The van der Waals surface area contributed by atoms with Gasteiger partial charge >= 0.3 is 0 Å². The monoisotopic (exact) mass is 238 g/mol. The van der Waals surface area contributed by atoms with Crippen LogP contribution in [0.3, 0.4) is 0 Å². The number of nitrogens with two attached hydrogens (primary N) is 1. The van der Waals surface area contributed by atoms with Gasteiger partial charge < -0.3 is 10.9 Å². The molecule has 0 spiro atoms. The van der Waals surface area contributed by atoms with E-state index in [1.165, 1.54) is 0 Å². The largest absolute Gasteiger partial charge is 0.507 e. The second-order valence-corrected chi connectivity index (χ2v) is 3.78. The normalized spacial score (nSPS) is 11.9. The average molecular weight is 238 g/mol. The first kappa shape index (κ1) is 11.9. The summed E-state index contributed by atoms with van der Waals surface area (Å²) in [6.45, 7) is 0. The number of hydrazone groups is 1. The van der Waals surface area contributed by atoms with Crippen LogP contribution in [0.2, 0.25) is 0 Å². The Hall–Kier alpha value is -2.55. The molecule has 0 saturated heterocycles. The lowest BCUT2D eigenvalue weighted by Gasteiger charge is -2.02. The minimum atomic E-state index is 0.166. The zero-order valence-electron chi connectivity index (χ0n) is 9.82. The number of para-hydroxylation sites is 1. The van der Waals surface area contributed by atoms with Crippen molar-refractivity contribution < 1.29 is 5.11 Å². The van der Waals surface area contributed by atoms with Crippen LogP contribution < -0.4 is 5.84 Å². The summed E-state index contributed by atoms with van der Waals surface area (Å²) in [7, 11) is 0. The van der Waals surface area contributed by atoms with E-state index in [1.54, 1.807) is 24.3 Å². The van der Waals surface area contributed by atoms with Crippen LogP contribution in [0.1, 0.15) is 11.1 Å². The summed E-state index contributed by atoms with van der Waals surface area (Å²) in [5.74, 6) is 5.53. The van der Waals surface area contributed by atoms with E-state index in [2.05, 4.69) is 5.10 Å². The molecular formula is C15H14N2O. The molecule has 2 aromatic rings. The van der Waals surface area contributed by atoms with E-state index in [0.29, 0.717) is 11.3 Å². The summed E-state index contributed by atoms with van der Waals surface area (Å²) in [5, 5.41) is 13.4. The van der Waals surface area contributed by atoms with Gasteiger partial charge in [0, 0.05) is 5.56 Å². The highest BCUT2D eigenvalue weighted by Crippen LogP contribution is 2.17. The fraction of sp³-hybridized carbons (Fsp3) is 0. The maximum atomic E-state index is 9.74. The van der Waals surface area contributed by atoms with Gasteiger partial charge in [0.15, 0.2) is 0 Å². The third-order valence-electron chi connectivity index (χ3n) is 2.55. The van der Waals surface area contributed by atoms with E-state index in [-0.39, 0.29) is 5.75 Å². The number of nitrogens with zero attached hydrogens (tertiary/aromatic N) is 1. The summed E-state index contributed by atoms with van der Waals surface area (Å²) >= 11 is 0. The van der Waals surface area contributed by atoms with Crippen molar-refractivity contribution >= 4 is 11.8 Å². The molecule has 90 valence electrons. The minimum Gasteiger partial charge on any atom is -0.507 e. The Morgan fingerprint density at radius 2 is 1.67 bits per heavy atom. The van der Waals surface area contributed by atoms with Gasteiger partial charge in [-0.2, -0.15) is 5.10 Å². The number of allylic oxidation sites excluding steroid dienone is 1. The van der Waals surface area contributed by atoms with E-state index in [9.17, 15) is 5.11 Å². The van der Waals surface area contributed by atoms with E-state index < -0.39 is 0 Å². The molecule has 0 radical (unpaired) electrons. The van der Waals surface area contributed by atoms with Crippen LogP contribution in [0.5, 0.6) is 5.75 Å². The molecule has 0 fully saturated rings. The summed E-state index contributed by atoms with van der Waals surface area (Å²) in [5.41, 5.74) is 2.21. The Labute approximate surface area is 106 Å². The fourth-order valence-electron chi connectivity index (χ4n) is 1.63.